The average Bonchev–Trinajstić information content (AvgIpc) is 4.17. The first-order valence-corrected chi connectivity index (χ1v) is 20.9. The Morgan fingerprint density at radius 3 is 0.968 bits per heavy atom. The van der Waals surface area contributed by atoms with Crippen LogP contribution in [-0.2, 0) is 0 Å². The van der Waals surface area contributed by atoms with Crippen LogP contribution in [0.2, 0.25) is 0 Å². The van der Waals surface area contributed by atoms with E-state index in [0.717, 1.165) is 112 Å². The van der Waals surface area contributed by atoms with Gasteiger partial charge in [0.25, 0.3) is 0 Å². The van der Waals surface area contributed by atoms with E-state index in [1.807, 2.05) is 0 Å². The number of hydrogen-bond donors (Lipinski definition) is 0. The average molecular weight is 795 g/mol. The fourth-order valence-electron chi connectivity index (χ4n) is 9.99. The van der Waals surface area contributed by atoms with Crippen molar-refractivity contribution >= 4 is 77.8 Å². The summed E-state index contributed by atoms with van der Waals surface area (Å²) in [6.45, 7) is 0. The highest BCUT2D eigenvalue weighted by Gasteiger charge is 2.26. The molecule has 0 aliphatic carbocycles. The lowest BCUT2D eigenvalue weighted by atomic mass is 10.0. The van der Waals surface area contributed by atoms with Gasteiger partial charge in [0, 0.05) is 33.5 Å². The van der Waals surface area contributed by atoms with E-state index in [1.54, 1.807) is 0 Å². The minimum atomic E-state index is 0.879. The number of fused-ring (bicyclic) bond motifs is 14. The third-order valence-electron chi connectivity index (χ3n) is 12.6. The van der Waals surface area contributed by atoms with Crippen molar-refractivity contribution < 1.29 is 0 Å². The van der Waals surface area contributed by atoms with Crippen molar-refractivity contribution in [2.75, 3.05) is 0 Å². The Hall–Kier alpha value is -8.62. The molecule has 0 atom stereocenters. The van der Waals surface area contributed by atoms with Gasteiger partial charge in [0.05, 0.1) is 33.1 Å². The molecule has 0 radical (unpaired) electrons. The van der Waals surface area contributed by atoms with Gasteiger partial charge in [-0.3, -0.25) is 27.1 Å². The smallest absolute Gasteiger partial charge is 0.221 e. The van der Waals surface area contributed by atoms with Gasteiger partial charge in [-0.1, -0.05) is 109 Å². The van der Waals surface area contributed by atoms with Gasteiger partial charge < -0.3 is 0 Å². The van der Waals surface area contributed by atoms with Gasteiger partial charge in [-0.05, 0) is 108 Å². The Bertz CT molecular complexity index is 3800. The van der Waals surface area contributed by atoms with Gasteiger partial charge in [-0.25, -0.2) is 9.97 Å². The minimum Gasteiger partial charge on any atom is -0.294 e. The molecule has 6 aromatic heterocycles. The predicted octanol–water partition coefficient (Wildman–Crippen LogP) is 12.7. The maximum Gasteiger partial charge on any atom is 0.221 e. The zero-order valence-electron chi connectivity index (χ0n) is 33.2. The zero-order chi connectivity index (χ0) is 40.5. The molecule has 290 valence electrons. The van der Waals surface area contributed by atoms with E-state index in [4.69, 9.17) is 9.97 Å². The van der Waals surface area contributed by atoms with Crippen LogP contribution in [0.3, 0.4) is 0 Å². The van der Waals surface area contributed by atoms with Crippen LogP contribution < -0.4 is 0 Å². The molecule has 14 rings (SSSR count). The molecule has 62 heavy (non-hydrogen) atoms. The number of benzene rings is 8. The topological polar surface area (TPSA) is 54.3 Å². The zero-order valence-corrected chi connectivity index (χ0v) is 33.2. The van der Waals surface area contributed by atoms with Crippen LogP contribution in [0.1, 0.15) is 0 Å². The van der Waals surface area contributed by atoms with Crippen molar-refractivity contribution in [1.82, 2.24) is 37.0 Å². The molecule has 0 amide bonds. The maximum absolute atomic E-state index is 5.53. The first-order chi connectivity index (χ1) is 30.8. The molecule has 0 saturated heterocycles. The third kappa shape index (κ3) is 4.44. The van der Waals surface area contributed by atoms with Crippen molar-refractivity contribution in [3.63, 3.8) is 0 Å². The Morgan fingerprint density at radius 2 is 0.597 bits per heavy atom. The van der Waals surface area contributed by atoms with Gasteiger partial charge in [0.15, 0.2) is 11.3 Å². The normalized spacial score (nSPS) is 12.2. The first-order valence-electron chi connectivity index (χ1n) is 20.9. The highest BCUT2D eigenvalue weighted by atomic mass is 15.3. The SMILES string of the molecule is c1ccc(-n2c3ccccc3n3c2nc2c4cc(-c5ccc6c(c5)c5nc7n(-c8ccccc8)c8ccccc8n7c5n6-c5ccccc5)ccc4n(-c4ccccc4)c23)cc1. The van der Waals surface area contributed by atoms with Crippen molar-refractivity contribution in [1.29, 1.82) is 0 Å². The summed E-state index contributed by atoms with van der Waals surface area (Å²) < 4.78 is 13.9. The van der Waals surface area contributed by atoms with Gasteiger partial charge in [0.2, 0.25) is 11.6 Å². The van der Waals surface area contributed by atoms with Crippen LogP contribution in [0.4, 0.5) is 0 Å². The molecule has 0 saturated carbocycles. The van der Waals surface area contributed by atoms with Crippen LogP contribution in [0.25, 0.3) is 112 Å². The summed E-state index contributed by atoms with van der Waals surface area (Å²) in [6.07, 6.45) is 0. The molecular formula is C54H34N8. The summed E-state index contributed by atoms with van der Waals surface area (Å²) in [4.78, 5) is 11.1. The van der Waals surface area contributed by atoms with Crippen LogP contribution in [0.5, 0.6) is 0 Å². The molecule has 0 aliphatic rings. The standard InChI is InChI=1S/C54H34N8/c1-5-17-37(18-6-1)57-43-31-29-35(33-41(43)49-51(57)61-47-27-15-13-25-45(47)59(53(61)55-49)39-21-9-3-10-22-39)36-30-32-44-42(34-36)50-52(58(44)38-19-7-2-8-20-38)62-48-28-16-14-26-46(48)60(54(62)56-50)40-23-11-4-12-24-40/h1-34H. The largest absolute Gasteiger partial charge is 0.294 e. The molecule has 0 fully saturated rings. The fraction of sp³-hybridized carbons (Fsp3) is 0. The highest BCUT2D eigenvalue weighted by molar-refractivity contribution is 6.12. The van der Waals surface area contributed by atoms with E-state index in [2.05, 4.69) is 233 Å². The second kappa shape index (κ2) is 12.5. The Balaban J connectivity index is 1.05. The molecule has 0 unspecified atom stereocenters. The second-order valence-corrected chi connectivity index (χ2v) is 16.0. The van der Waals surface area contributed by atoms with Crippen LogP contribution in [0.15, 0.2) is 206 Å². The molecule has 8 aromatic carbocycles. The van der Waals surface area contributed by atoms with Crippen molar-refractivity contribution in [2.45, 2.75) is 0 Å². The second-order valence-electron chi connectivity index (χ2n) is 16.0. The molecule has 0 bridgehead atoms. The van der Waals surface area contributed by atoms with Crippen molar-refractivity contribution in [3.05, 3.63) is 206 Å². The summed E-state index contributed by atoms with van der Waals surface area (Å²) in [7, 11) is 0. The van der Waals surface area contributed by atoms with Crippen LogP contribution in [0, 0.1) is 0 Å². The Labute approximate surface area is 353 Å². The Morgan fingerprint density at radius 1 is 0.274 bits per heavy atom. The van der Waals surface area contributed by atoms with E-state index in [1.165, 1.54) is 0 Å². The summed E-state index contributed by atoms with van der Waals surface area (Å²) in [6, 6.07) is 73.2. The molecule has 0 aliphatic heterocycles. The minimum absolute atomic E-state index is 0.879. The van der Waals surface area contributed by atoms with E-state index in [9.17, 15) is 0 Å². The van der Waals surface area contributed by atoms with E-state index in [-0.39, 0.29) is 0 Å². The molecule has 8 nitrogen and oxygen atoms in total. The number of hydrogen-bond acceptors (Lipinski definition) is 2. The Kier molecular flexibility index (Phi) is 6.68. The fourth-order valence-corrected chi connectivity index (χ4v) is 9.99. The van der Waals surface area contributed by atoms with E-state index < -0.39 is 0 Å². The predicted molar refractivity (Wildman–Crippen MR) is 252 cm³/mol. The number of rotatable bonds is 5. The molecule has 14 aromatic rings. The summed E-state index contributed by atoms with van der Waals surface area (Å²) >= 11 is 0. The van der Waals surface area contributed by atoms with E-state index >= 15 is 0 Å². The lowest BCUT2D eigenvalue weighted by molar-refractivity contribution is 1.08. The monoisotopic (exact) mass is 794 g/mol. The van der Waals surface area contributed by atoms with Crippen molar-refractivity contribution in [3.8, 4) is 33.9 Å². The van der Waals surface area contributed by atoms with Crippen LogP contribution in [-0.4, -0.2) is 37.0 Å². The van der Waals surface area contributed by atoms with Gasteiger partial charge in [-0.2, -0.15) is 0 Å². The summed E-state index contributed by atoms with van der Waals surface area (Å²) in [5, 5.41) is 2.19. The third-order valence-corrected chi connectivity index (χ3v) is 12.6. The van der Waals surface area contributed by atoms with Gasteiger partial charge >= 0.3 is 0 Å². The summed E-state index contributed by atoms with van der Waals surface area (Å²) in [5.74, 6) is 1.76. The maximum atomic E-state index is 5.53. The number of aromatic nitrogens is 8. The quantitative estimate of drug-likeness (QED) is 0.174. The highest BCUT2D eigenvalue weighted by Crippen LogP contribution is 2.41. The van der Waals surface area contributed by atoms with E-state index in [0.29, 0.717) is 0 Å². The first kappa shape index (κ1) is 33.2. The number of para-hydroxylation sites is 8. The van der Waals surface area contributed by atoms with Crippen molar-refractivity contribution in [2.24, 2.45) is 0 Å². The van der Waals surface area contributed by atoms with Crippen LogP contribution >= 0.6 is 0 Å². The molecule has 0 N–H and O–H groups in total. The molecule has 0 spiro atoms. The lowest BCUT2D eigenvalue weighted by Crippen LogP contribution is -1.98. The number of imidazole rings is 4. The molecule has 6 heterocycles. The summed E-state index contributed by atoms with van der Waals surface area (Å²) in [5.41, 5.74) is 17.2. The van der Waals surface area contributed by atoms with Gasteiger partial charge in [-0.15, -0.1) is 0 Å². The molecule has 8 heteroatoms. The molecular weight excluding hydrogens is 761 g/mol. The van der Waals surface area contributed by atoms with Gasteiger partial charge in [0.1, 0.15) is 11.0 Å². The number of nitrogens with zero attached hydrogens (tertiary/aromatic N) is 8. The lowest BCUT2D eigenvalue weighted by Gasteiger charge is -2.10.